The summed E-state index contributed by atoms with van der Waals surface area (Å²) in [6.45, 7) is 1.33. The molecule has 2 aromatic carbocycles. The van der Waals surface area contributed by atoms with Crippen LogP contribution in [-0.2, 0) is 28.6 Å². The van der Waals surface area contributed by atoms with Crippen LogP contribution in [0, 0.1) is 0 Å². The maximum Gasteiger partial charge on any atom is 0.308 e. The average Bonchev–Trinajstić information content (AvgIpc) is 2.92. The number of aliphatic hydroxyl groups is 3. The van der Waals surface area contributed by atoms with E-state index in [1.165, 1.54) is 24.3 Å². The summed E-state index contributed by atoms with van der Waals surface area (Å²) in [5.74, 6) is -5.56. The van der Waals surface area contributed by atoms with Gasteiger partial charge in [0.15, 0.2) is 11.9 Å². The Morgan fingerprint density at radius 1 is 0.978 bits per heavy atom. The lowest BCUT2D eigenvalue weighted by Crippen LogP contribution is -2.61. The Hall–Kier alpha value is -4.90. The van der Waals surface area contributed by atoms with Crippen molar-refractivity contribution >= 4 is 28.9 Å². The molecule has 2 heterocycles. The summed E-state index contributed by atoms with van der Waals surface area (Å²) in [6.07, 6.45) is -10.5. The van der Waals surface area contributed by atoms with Gasteiger partial charge in [-0.3, -0.25) is 19.2 Å². The quantitative estimate of drug-likeness (QED) is 0.150. The Morgan fingerprint density at radius 3 is 2.27 bits per heavy atom. The summed E-state index contributed by atoms with van der Waals surface area (Å²) in [7, 11) is 0. The molecular weight excluding hydrogens is 604 g/mol. The molecule has 1 saturated heterocycles. The summed E-state index contributed by atoms with van der Waals surface area (Å²) in [5.41, 5.74) is -3.05. The van der Waals surface area contributed by atoms with E-state index in [-0.39, 0.29) is 22.7 Å². The zero-order valence-corrected chi connectivity index (χ0v) is 23.8. The molecule has 1 aromatic heterocycles. The number of hydrogen-bond donors (Lipinski definition) is 7. The molecule has 1 fully saturated rings. The number of aromatic hydroxyl groups is 3. The zero-order chi connectivity index (χ0) is 33.2. The van der Waals surface area contributed by atoms with Crippen LogP contribution in [0.2, 0.25) is 0 Å². The van der Waals surface area contributed by atoms with Crippen LogP contribution in [0.25, 0.3) is 22.3 Å². The van der Waals surface area contributed by atoms with Gasteiger partial charge in [-0.2, -0.15) is 0 Å². The van der Waals surface area contributed by atoms with E-state index >= 15 is 0 Å². The van der Waals surface area contributed by atoms with Crippen molar-refractivity contribution in [1.29, 1.82) is 0 Å². The number of carboxylic acid groups (broad SMARTS) is 1. The highest BCUT2D eigenvalue weighted by Gasteiger charge is 2.49. The van der Waals surface area contributed by atoms with Gasteiger partial charge in [0, 0.05) is 24.6 Å². The van der Waals surface area contributed by atoms with Gasteiger partial charge in [-0.05, 0) is 31.2 Å². The number of aliphatic hydroxyl groups excluding tert-OH is 2. The van der Waals surface area contributed by atoms with Crippen LogP contribution in [0.3, 0.4) is 0 Å². The first-order valence-electron chi connectivity index (χ1n) is 13.3. The number of rotatable bonds is 10. The van der Waals surface area contributed by atoms with Crippen molar-refractivity contribution in [2.45, 2.75) is 63.0 Å². The van der Waals surface area contributed by atoms with Gasteiger partial charge in [-0.15, -0.1) is 0 Å². The minimum atomic E-state index is -1.96. The van der Waals surface area contributed by atoms with Gasteiger partial charge in [0.05, 0.1) is 18.4 Å². The number of carboxylic acids is 1. The van der Waals surface area contributed by atoms with E-state index in [1.807, 2.05) is 0 Å². The predicted octanol–water partition coefficient (Wildman–Crippen LogP) is 0.493. The van der Waals surface area contributed by atoms with Crippen molar-refractivity contribution in [3.63, 3.8) is 0 Å². The van der Waals surface area contributed by atoms with Gasteiger partial charge in [0.2, 0.25) is 17.5 Å². The third-order valence-electron chi connectivity index (χ3n) is 6.69. The number of phenols is 3. The molecule has 0 amide bonds. The Kier molecular flexibility index (Phi) is 9.53. The standard InChI is InChI=1S/C29H30O16/c1-12(30)42-27-24(39)22(37)18(11-41-20(36)10-29(2,40)9-19(34)35)44-28(27)45-26-23(38)21-16(33)7-15(32)8-17(21)43-25(26)13-3-5-14(31)6-4-13/h3-8,18,22,24,27-28,31-33,37,39-40H,9-11H2,1-2H3,(H,34,35)/t18-,22-,24+,27-,28+,29?/m1/s1. The number of aliphatic carboxylic acids is 1. The fourth-order valence-corrected chi connectivity index (χ4v) is 4.67. The van der Waals surface area contributed by atoms with Gasteiger partial charge in [-0.25, -0.2) is 0 Å². The van der Waals surface area contributed by atoms with Gasteiger partial charge < -0.3 is 59.1 Å². The van der Waals surface area contributed by atoms with Gasteiger partial charge in [0.1, 0.15) is 53.1 Å². The van der Waals surface area contributed by atoms with Gasteiger partial charge >= 0.3 is 17.9 Å². The van der Waals surface area contributed by atoms with E-state index in [0.717, 1.165) is 26.0 Å². The molecule has 4 rings (SSSR count). The molecule has 6 atom stereocenters. The van der Waals surface area contributed by atoms with Crippen LogP contribution in [-0.4, -0.2) is 96.6 Å². The first kappa shape index (κ1) is 33.0. The monoisotopic (exact) mass is 634 g/mol. The Labute approximate surface area is 253 Å². The number of ether oxygens (including phenoxy) is 4. The second kappa shape index (κ2) is 13.0. The lowest BCUT2D eigenvalue weighted by atomic mass is 9.98. The predicted molar refractivity (Wildman–Crippen MR) is 148 cm³/mol. The summed E-state index contributed by atoms with van der Waals surface area (Å²) < 4.78 is 27.5. The van der Waals surface area contributed by atoms with Crippen LogP contribution < -0.4 is 10.2 Å². The van der Waals surface area contributed by atoms with E-state index in [1.54, 1.807) is 0 Å². The molecule has 0 radical (unpaired) electrons. The topological polar surface area (TPSA) is 260 Å². The largest absolute Gasteiger partial charge is 0.508 e. The molecule has 0 saturated carbocycles. The summed E-state index contributed by atoms with van der Waals surface area (Å²) >= 11 is 0. The maximum atomic E-state index is 13.7. The first-order chi connectivity index (χ1) is 21.1. The Morgan fingerprint density at radius 2 is 1.64 bits per heavy atom. The molecule has 45 heavy (non-hydrogen) atoms. The highest BCUT2D eigenvalue weighted by molar-refractivity contribution is 5.88. The maximum absolute atomic E-state index is 13.7. The Bertz CT molecular complexity index is 1640. The number of hydrogen-bond acceptors (Lipinski definition) is 15. The van der Waals surface area contributed by atoms with Crippen LogP contribution in [0.5, 0.6) is 23.0 Å². The molecule has 1 unspecified atom stereocenters. The molecule has 1 aliphatic rings. The third kappa shape index (κ3) is 7.61. The minimum Gasteiger partial charge on any atom is -0.508 e. The average molecular weight is 635 g/mol. The molecule has 1 aliphatic heterocycles. The van der Waals surface area contributed by atoms with Crippen molar-refractivity contribution in [1.82, 2.24) is 0 Å². The lowest BCUT2D eigenvalue weighted by molar-refractivity contribution is -0.283. The van der Waals surface area contributed by atoms with Crippen molar-refractivity contribution in [2.24, 2.45) is 0 Å². The van der Waals surface area contributed by atoms with Crippen molar-refractivity contribution in [2.75, 3.05) is 6.61 Å². The molecular formula is C29H30O16. The van der Waals surface area contributed by atoms with Crippen LogP contribution in [0.4, 0.5) is 0 Å². The molecule has 0 bridgehead atoms. The molecule has 16 heteroatoms. The first-order valence-corrected chi connectivity index (χ1v) is 13.3. The number of fused-ring (bicyclic) bond motifs is 1. The van der Waals surface area contributed by atoms with Gasteiger partial charge in [-0.1, -0.05) is 0 Å². The van der Waals surface area contributed by atoms with Gasteiger partial charge in [0.25, 0.3) is 0 Å². The molecule has 0 aliphatic carbocycles. The van der Waals surface area contributed by atoms with E-state index in [0.29, 0.717) is 0 Å². The third-order valence-corrected chi connectivity index (χ3v) is 6.69. The lowest BCUT2D eigenvalue weighted by Gasteiger charge is -2.41. The minimum absolute atomic E-state index is 0.135. The molecule has 7 N–H and O–H groups in total. The Balaban J connectivity index is 1.71. The summed E-state index contributed by atoms with van der Waals surface area (Å²) in [5, 5.41) is 70.2. The molecule has 16 nitrogen and oxygen atoms in total. The smallest absolute Gasteiger partial charge is 0.308 e. The van der Waals surface area contributed by atoms with Crippen LogP contribution in [0.1, 0.15) is 26.7 Å². The van der Waals surface area contributed by atoms with E-state index in [2.05, 4.69) is 0 Å². The van der Waals surface area contributed by atoms with E-state index in [9.17, 15) is 49.8 Å². The van der Waals surface area contributed by atoms with E-state index < -0.39 is 102 Å². The fourth-order valence-electron chi connectivity index (χ4n) is 4.67. The molecule has 0 spiro atoms. The number of carbonyl (C=O) groups excluding carboxylic acids is 2. The molecule has 3 aromatic rings. The number of phenolic OH excluding ortho intramolecular Hbond substituents is 3. The summed E-state index contributed by atoms with van der Waals surface area (Å²) in [4.78, 5) is 48.8. The number of esters is 2. The highest BCUT2D eigenvalue weighted by Crippen LogP contribution is 2.38. The normalized spacial score (nSPS) is 22.7. The van der Waals surface area contributed by atoms with Crippen molar-refractivity contribution in [3.8, 4) is 34.3 Å². The SMILES string of the molecule is CC(=O)O[C@H]1[C@H](Oc2c(-c3ccc(O)cc3)oc3cc(O)cc(O)c3c2=O)O[C@H](COC(=O)CC(C)(O)CC(=O)O)[C@@H](O)[C@@H]1O. The van der Waals surface area contributed by atoms with Crippen molar-refractivity contribution in [3.05, 3.63) is 46.6 Å². The number of carbonyl (C=O) groups is 3. The zero-order valence-electron chi connectivity index (χ0n) is 23.8. The van der Waals surface area contributed by atoms with Crippen LogP contribution >= 0.6 is 0 Å². The van der Waals surface area contributed by atoms with E-state index in [4.69, 9.17) is 28.5 Å². The highest BCUT2D eigenvalue weighted by atomic mass is 16.7. The number of benzene rings is 2. The second-order valence-electron chi connectivity index (χ2n) is 10.6. The fraction of sp³-hybridized carbons (Fsp3) is 0.379. The van der Waals surface area contributed by atoms with Crippen LogP contribution in [0.15, 0.2) is 45.6 Å². The molecule has 242 valence electrons. The second-order valence-corrected chi connectivity index (χ2v) is 10.6. The van der Waals surface area contributed by atoms with Crippen molar-refractivity contribution < 1.29 is 73.5 Å². The summed E-state index contributed by atoms with van der Waals surface area (Å²) in [6, 6.07) is 7.16.